The fourth-order valence-electron chi connectivity index (χ4n) is 1.65. The molecular formula is C14H20N2O4. The molecule has 20 heavy (non-hydrogen) atoms. The van der Waals surface area contributed by atoms with Gasteiger partial charge in [0, 0.05) is 39.0 Å². The third-order valence-corrected chi connectivity index (χ3v) is 2.87. The van der Waals surface area contributed by atoms with Gasteiger partial charge in [-0.1, -0.05) is 0 Å². The molecule has 1 aromatic rings. The highest BCUT2D eigenvalue weighted by atomic mass is 16.5. The van der Waals surface area contributed by atoms with Crippen LogP contribution in [0, 0.1) is 0 Å². The van der Waals surface area contributed by atoms with Crippen molar-refractivity contribution < 1.29 is 19.4 Å². The van der Waals surface area contributed by atoms with Crippen LogP contribution in [0.25, 0.3) is 0 Å². The summed E-state index contributed by atoms with van der Waals surface area (Å²) in [6, 6.07) is 7.15. The molecule has 0 aliphatic heterocycles. The minimum Gasteiger partial charge on any atom is -0.481 e. The van der Waals surface area contributed by atoms with E-state index in [1.807, 2.05) is 31.1 Å². The highest BCUT2D eigenvalue weighted by Crippen LogP contribution is 2.12. The molecule has 0 bridgehead atoms. The summed E-state index contributed by atoms with van der Waals surface area (Å²) >= 11 is 0. The Labute approximate surface area is 118 Å². The van der Waals surface area contributed by atoms with E-state index in [0.29, 0.717) is 5.56 Å². The Balaban J connectivity index is 2.55. The maximum Gasteiger partial charge on any atom is 0.306 e. The molecule has 0 heterocycles. The number of hydrogen-bond acceptors (Lipinski definition) is 4. The molecule has 0 spiro atoms. The maximum absolute atomic E-state index is 11.9. The molecule has 0 aromatic heterocycles. The molecule has 0 saturated heterocycles. The van der Waals surface area contributed by atoms with Crippen molar-refractivity contribution in [1.29, 1.82) is 0 Å². The minimum atomic E-state index is -0.957. The number of nitrogens with zero attached hydrogens (tertiary/aromatic N) is 1. The average molecular weight is 280 g/mol. The fourth-order valence-corrected chi connectivity index (χ4v) is 1.65. The largest absolute Gasteiger partial charge is 0.481 e. The first-order chi connectivity index (χ1) is 9.43. The normalized spacial score (nSPS) is 11.8. The lowest BCUT2D eigenvalue weighted by Gasteiger charge is -2.15. The highest BCUT2D eigenvalue weighted by Gasteiger charge is 2.14. The Kier molecular flexibility index (Phi) is 5.99. The average Bonchev–Trinajstić information content (AvgIpc) is 2.42. The summed E-state index contributed by atoms with van der Waals surface area (Å²) in [4.78, 5) is 24.4. The number of carbonyl (C=O) groups excluding carboxylic acids is 1. The Morgan fingerprint density at radius 2 is 1.90 bits per heavy atom. The standard InChI is InChI=1S/C14H20N2O4/c1-16(2)11-6-4-10(5-7-11)14(19)15-9-12(20-3)8-13(17)18/h4-7,12H,8-9H2,1-3H3,(H,15,19)(H,17,18). The fraction of sp³-hybridized carbons (Fsp3) is 0.429. The summed E-state index contributed by atoms with van der Waals surface area (Å²) in [5.41, 5.74) is 1.53. The summed E-state index contributed by atoms with van der Waals surface area (Å²) in [5.74, 6) is -1.20. The predicted octanol–water partition coefficient (Wildman–Crippen LogP) is 0.972. The number of rotatable bonds is 7. The van der Waals surface area contributed by atoms with Gasteiger partial charge in [-0.15, -0.1) is 0 Å². The van der Waals surface area contributed by atoms with Crippen molar-refractivity contribution >= 4 is 17.6 Å². The molecule has 1 aromatic carbocycles. The quantitative estimate of drug-likeness (QED) is 0.778. The molecule has 1 amide bonds. The summed E-state index contributed by atoms with van der Waals surface area (Å²) < 4.78 is 5.00. The second-order valence-electron chi connectivity index (χ2n) is 4.61. The molecule has 0 saturated carbocycles. The maximum atomic E-state index is 11.9. The molecular weight excluding hydrogens is 260 g/mol. The summed E-state index contributed by atoms with van der Waals surface area (Å²) in [6.45, 7) is 0.164. The molecule has 1 rings (SSSR count). The van der Waals surface area contributed by atoms with Crippen LogP contribution in [0.2, 0.25) is 0 Å². The molecule has 6 nitrogen and oxygen atoms in total. The lowest BCUT2D eigenvalue weighted by Crippen LogP contribution is -2.34. The predicted molar refractivity (Wildman–Crippen MR) is 76.2 cm³/mol. The first-order valence-electron chi connectivity index (χ1n) is 6.24. The van der Waals surface area contributed by atoms with Gasteiger partial charge in [0.15, 0.2) is 0 Å². The van der Waals surface area contributed by atoms with Crippen LogP contribution < -0.4 is 10.2 Å². The van der Waals surface area contributed by atoms with Crippen LogP contribution in [-0.4, -0.2) is 50.8 Å². The zero-order valence-electron chi connectivity index (χ0n) is 11.9. The van der Waals surface area contributed by atoms with Crippen molar-refractivity contribution in [3.63, 3.8) is 0 Å². The first-order valence-corrected chi connectivity index (χ1v) is 6.24. The Morgan fingerprint density at radius 1 is 1.30 bits per heavy atom. The first kappa shape index (κ1) is 16.0. The lowest BCUT2D eigenvalue weighted by molar-refractivity contribution is -0.139. The van der Waals surface area contributed by atoms with Crippen LogP contribution in [0.4, 0.5) is 5.69 Å². The van der Waals surface area contributed by atoms with E-state index in [2.05, 4.69) is 5.32 Å². The number of carboxylic acid groups (broad SMARTS) is 1. The van der Waals surface area contributed by atoms with Crippen molar-refractivity contribution in [3.8, 4) is 0 Å². The van der Waals surface area contributed by atoms with E-state index in [1.54, 1.807) is 12.1 Å². The number of methoxy groups -OCH3 is 1. The lowest BCUT2D eigenvalue weighted by atomic mass is 10.2. The minimum absolute atomic E-state index is 0.143. The SMILES string of the molecule is COC(CNC(=O)c1ccc(N(C)C)cc1)CC(=O)O. The molecule has 0 aliphatic carbocycles. The number of anilines is 1. The summed E-state index contributed by atoms with van der Waals surface area (Å²) in [7, 11) is 5.26. The van der Waals surface area contributed by atoms with Gasteiger partial charge in [-0.05, 0) is 24.3 Å². The van der Waals surface area contributed by atoms with Crippen LogP contribution in [-0.2, 0) is 9.53 Å². The molecule has 0 radical (unpaired) electrons. The molecule has 110 valence electrons. The zero-order chi connectivity index (χ0) is 15.1. The summed E-state index contributed by atoms with van der Waals surface area (Å²) in [5, 5.41) is 11.3. The van der Waals surface area contributed by atoms with Gasteiger partial charge in [0.25, 0.3) is 5.91 Å². The van der Waals surface area contributed by atoms with Crippen LogP contribution in [0.3, 0.4) is 0 Å². The Morgan fingerprint density at radius 3 is 2.35 bits per heavy atom. The monoisotopic (exact) mass is 280 g/mol. The van der Waals surface area contributed by atoms with Crippen LogP contribution >= 0.6 is 0 Å². The number of nitrogens with one attached hydrogen (secondary N) is 1. The van der Waals surface area contributed by atoms with E-state index in [9.17, 15) is 9.59 Å². The zero-order valence-corrected chi connectivity index (χ0v) is 11.9. The van der Waals surface area contributed by atoms with Gasteiger partial charge in [0.1, 0.15) is 0 Å². The number of carboxylic acids is 1. The van der Waals surface area contributed by atoms with Gasteiger partial charge in [0.05, 0.1) is 12.5 Å². The van der Waals surface area contributed by atoms with E-state index in [4.69, 9.17) is 9.84 Å². The molecule has 0 fully saturated rings. The van der Waals surface area contributed by atoms with Crippen LogP contribution in [0.15, 0.2) is 24.3 Å². The molecule has 1 unspecified atom stereocenters. The second-order valence-corrected chi connectivity index (χ2v) is 4.61. The van der Waals surface area contributed by atoms with Crippen molar-refractivity contribution in [2.75, 3.05) is 32.6 Å². The Bertz CT molecular complexity index is 457. The van der Waals surface area contributed by atoms with Crippen molar-refractivity contribution in [2.24, 2.45) is 0 Å². The number of ether oxygens (including phenoxy) is 1. The molecule has 1 atom stereocenters. The molecule has 6 heteroatoms. The van der Waals surface area contributed by atoms with Gasteiger partial charge < -0.3 is 20.1 Å². The van der Waals surface area contributed by atoms with Crippen LogP contribution in [0.1, 0.15) is 16.8 Å². The van der Waals surface area contributed by atoms with E-state index in [-0.39, 0.29) is 18.9 Å². The van der Waals surface area contributed by atoms with Gasteiger partial charge in [-0.3, -0.25) is 9.59 Å². The number of hydrogen-bond donors (Lipinski definition) is 2. The number of benzene rings is 1. The second kappa shape index (κ2) is 7.49. The van der Waals surface area contributed by atoms with Gasteiger partial charge >= 0.3 is 5.97 Å². The van der Waals surface area contributed by atoms with Crippen LogP contribution in [0.5, 0.6) is 0 Å². The van der Waals surface area contributed by atoms with Gasteiger partial charge in [0.2, 0.25) is 0 Å². The number of carbonyl (C=O) groups is 2. The van der Waals surface area contributed by atoms with E-state index >= 15 is 0 Å². The molecule has 0 aliphatic rings. The highest BCUT2D eigenvalue weighted by molar-refractivity contribution is 5.94. The van der Waals surface area contributed by atoms with Crippen molar-refractivity contribution in [2.45, 2.75) is 12.5 Å². The van der Waals surface area contributed by atoms with Crippen molar-refractivity contribution in [1.82, 2.24) is 5.32 Å². The number of aliphatic carboxylic acids is 1. The van der Waals surface area contributed by atoms with E-state index in [0.717, 1.165) is 5.69 Å². The number of amides is 1. The van der Waals surface area contributed by atoms with E-state index in [1.165, 1.54) is 7.11 Å². The third-order valence-electron chi connectivity index (χ3n) is 2.87. The van der Waals surface area contributed by atoms with E-state index < -0.39 is 12.1 Å². The topological polar surface area (TPSA) is 78.9 Å². The van der Waals surface area contributed by atoms with Gasteiger partial charge in [-0.2, -0.15) is 0 Å². The smallest absolute Gasteiger partial charge is 0.306 e. The third kappa shape index (κ3) is 4.89. The van der Waals surface area contributed by atoms with Crippen molar-refractivity contribution in [3.05, 3.63) is 29.8 Å². The Hall–Kier alpha value is -2.08. The molecule has 2 N–H and O–H groups in total. The van der Waals surface area contributed by atoms with Gasteiger partial charge in [-0.25, -0.2) is 0 Å². The summed E-state index contributed by atoms with van der Waals surface area (Å²) in [6.07, 6.45) is -0.673.